The monoisotopic (exact) mass is 169 g/mol. The summed E-state index contributed by atoms with van der Waals surface area (Å²) in [6.45, 7) is 4.60. The van der Waals surface area contributed by atoms with Gasteiger partial charge in [-0.25, -0.2) is 0 Å². The molecule has 0 spiro atoms. The van der Waals surface area contributed by atoms with Crippen LogP contribution in [0.1, 0.15) is 58.8 Å². The lowest BCUT2D eigenvalue weighted by Gasteiger charge is -2.27. The predicted octanol–water partition coefficient (Wildman–Crippen LogP) is 3.08. The summed E-state index contributed by atoms with van der Waals surface area (Å²) in [6, 6.07) is 0. The molecule has 0 heterocycles. The van der Waals surface area contributed by atoms with Gasteiger partial charge in [0.1, 0.15) is 0 Å². The van der Waals surface area contributed by atoms with Crippen LogP contribution >= 0.6 is 0 Å². The molecular formula is C11H23N. The minimum atomic E-state index is 0.194. The average molecular weight is 169 g/mol. The Balaban J connectivity index is 2.43. The average Bonchev–Trinajstić information content (AvgIpc) is 2.15. The summed E-state index contributed by atoms with van der Waals surface area (Å²) >= 11 is 0. The Morgan fingerprint density at radius 3 is 2.75 bits per heavy atom. The topological polar surface area (TPSA) is 26.0 Å². The molecule has 1 rings (SSSR count). The van der Waals surface area contributed by atoms with Crippen molar-refractivity contribution in [3.63, 3.8) is 0 Å². The Kier molecular flexibility index (Phi) is 3.57. The molecule has 1 aliphatic carbocycles. The van der Waals surface area contributed by atoms with E-state index in [0.29, 0.717) is 0 Å². The van der Waals surface area contributed by atoms with Crippen LogP contribution in [0.2, 0.25) is 0 Å². The molecule has 1 nitrogen and oxygen atoms in total. The van der Waals surface area contributed by atoms with Crippen LogP contribution in [0.5, 0.6) is 0 Å². The van der Waals surface area contributed by atoms with Crippen molar-refractivity contribution < 1.29 is 0 Å². The summed E-state index contributed by atoms with van der Waals surface area (Å²) in [5.74, 6) is 0.910. The highest BCUT2D eigenvalue weighted by Crippen LogP contribution is 2.31. The predicted molar refractivity (Wildman–Crippen MR) is 54.1 cm³/mol. The second kappa shape index (κ2) is 4.27. The summed E-state index contributed by atoms with van der Waals surface area (Å²) < 4.78 is 0. The maximum absolute atomic E-state index is 6.33. The van der Waals surface area contributed by atoms with E-state index in [1.807, 2.05) is 0 Å². The molecule has 1 saturated carbocycles. The third-order valence-corrected chi connectivity index (χ3v) is 3.25. The molecule has 0 bridgehead atoms. The van der Waals surface area contributed by atoms with Crippen molar-refractivity contribution in [3.05, 3.63) is 0 Å². The van der Waals surface area contributed by atoms with E-state index < -0.39 is 0 Å². The third kappa shape index (κ3) is 2.78. The summed E-state index contributed by atoms with van der Waals surface area (Å²) in [4.78, 5) is 0. The number of hydrogen-bond donors (Lipinski definition) is 1. The van der Waals surface area contributed by atoms with E-state index >= 15 is 0 Å². The van der Waals surface area contributed by atoms with Gasteiger partial charge in [-0.15, -0.1) is 0 Å². The number of hydrogen-bond acceptors (Lipinski definition) is 1. The highest BCUT2D eigenvalue weighted by atomic mass is 14.7. The molecule has 2 atom stereocenters. The first-order chi connectivity index (χ1) is 5.66. The van der Waals surface area contributed by atoms with Gasteiger partial charge in [0.25, 0.3) is 0 Å². The molecule has 0 radical (unpaired) electrons. The van der Waals surface area contributed by atoms with Crippen molar-refractivity contribution in [3.8, 4) is 0 Å². The largest absolute Gasteiger partial charge is 0.325 e. The fraction of sp³-hybridized carbons (Fsp3) is 1.00. The first-order valence-corrected chi connectivity index (χ1v) is 5.45. The fourth-order valence-corrected chi connectivity index (χ4v) is 2.35. The standard InChI is InChI=1S/C11H23N/c1-3-7-11(12)8-4-5-10(2)6-9-11/h10H,3-9,12H2,1-2H3. The first-order valence-electron chi connectivity index (χ1n) is 5.45. The molecule has 1 aliphatic rings. The van der Waals surface area contributed by atoms with E-state index in [0.717, 1.165) is 5.92 Å². The Morgan fingerprint density at radius 2 is 2.08 bits per heavy atom. The van der Waals surface area contributed by atoms with E-state index in [-0.39, 0.29) is 5.54 Å². The molecule has 2 unspecified atom stereocenters. The van der Waals surface area contributed by atoms with Crippen molar-refractivity contribution >= 4 is 0 Å². The van der Waals surface area contributed by atoms with Gasteiger partial charge in [0.2, 0.25) is 0 Å². The summed E-state index contributed by atoms with van der Waals surface area (Å²) in [5, 5.41) is 0. The lowest BCUT2D eigenvalue weighted by Crippen LogP contribution is -2.38. The van der Waals surface area contributed by atoms with Gasteiger partial charge < -0.3 is 5.73 Å². The van der Waals surface area contributed by atoms with Crippen molar-refractivity contribution in [1.29, 1.82) is 0 Å². The zero-order chi connectivity index (χ0) is 9.03. The van der Waals surface area contributed by atoms with Gasteiger partial charge in [0, 0.05) is 5.54 Å². The van der Waals surface area contributed by atoms with Gasteiger partial charge in [-0.1, -0.05) is 33.1 Å². The van der Waals surface area contributed by atoms with Crippen LogP contribution in [-0.2, 0) is 0 Å². The summed E-state index contributed by atoms with van der Waals surface area (Å²) in [5.41, 5.74) is 6.53. The second-order valence-electron chi connectivity index (χ2n) is 4.65. The van der Waals surface area contributed by atoms with E-state index in [4.69, 9.17) is 5.73 Å². The lowest BCUT2D eigenvalue weighted by atomic mass is 9.87. The van der Waals surface area contributed by atoms with Crippen LogP contribution in [-0.4, -0.2) is 5.54 Å². The lowest BCUT2D eigenvalue weighted by molar-refractivity contribution is 0.338. The normalized spacial score (nSPS) is 37.8. The molecule has 2 N–H and O–H groups in total. The van der Waals surface area contributed by atoms with Crippen LogP contribution in [0, 0.1) is 5.92 Å². The SMILES string of the molecule is CCCC1(N)CCCC(C)CC1. The Hall–Kier alpha value is -0.0400. The number of nitrogens with two attached hydrogens (primary N) is 1. The van der Waals surface area contributed by atoms with Crippen molar-refractivity contribution in [2.45, 2.75) is 64.3 Å². The van der Waals surface area contributed by atoms with Crippen molar-refractivity contribution in [1.82, 2.24) is 0 Å². The third-order valence-electron chi connectivity index (χ3n) is 3.25. The van der Waals surface area contributed by atoms with Crippen LogP contribution in [0.3, 0.4) is 0 Å². The quantitative estimate of drug-likeness (QED) is 0.632. The highest BCUT2D eigenvalue weighted by molar-refractivity contribution is 4.86. The van der Waals surface area contributed by atoms with E-state index in [1.165, 1.54) is 44.9 Å². The van der Waals surface area contributed by atoms with E-state index in [2.05, 4.69) is 13.8 Å². The van der Waals surface area contributed by atoms with E-state index in [9.17, 15) is 0 Å². The molecule has 0 amide bonds. The summed E-state index contributed by atoms with van der Waals surface area (Å²) in [6.07, 6.45) is 9.05. The molecule has 0 saturated heterocycles. The zero-order valence-corrected chi connectivity index (χ0v) is 8.60. The second-order valence-corrected chi connectivity index (χ2v) is 4.65. The molecule has 72 valence electrons. The molecule has 12 heavy (non-hydrogen) atoms. The minimum Gasteiger partial charge on any atom is -0.325 e. The molecule has 0 aromatic carbocycles. The van der Waals surface area contributed by atoms with Gasteiger partial charge in [0.15, 0.2) is 0 Å². The highest BCUT2D eigenvalue weighted by Gasteiger charge is 2.26. The van der Waals surface area contributed by atoms with Crippen LogP contribution in [0.15, 0.2) is 0 Å². The molecular weight excluding hydrogens is 146 g/mol. The molecule has 0 aliphatic heterocycles. The summed E-state index contributed by atoms with van der Waals surface area (Å²) in [7, 11) is 0. The van der Waals surface area contributed by atoms with Gasteiger partial charge in [-0.05, 0) is 31.6 Å². The Labute approximate surface area is 76.7 Å². The van der Waals surface area contributed by atoms with Crippen molar-refractivity contribution in [2.24, 2.45) is 11.7 Å². The smallest absolute Gasteiger partial charge is 0.0154 e. The van der Waals surface area contributed by atoms with Gasteiger partial charge in [-0.3, -0.25) is 0 Å². The molecule has 1 heteroatoms. The molecule has 0 aromatic rings. The van der Waals surface area contributed by atoms with Gasteiger partial charge in [0.05, 0.1) is 0 Å². The van der Waals surface area contributed by atoms with E-state index in [1.54, 1.807) is 0 Å². The maximum atomic E-state index is 6.33. The Morgan fingerprint density at radius 1 is 1.33 bits per heavy atom. The number of rotatable bonds is 2. The zero-order valence-electron chi connectivity index (χ0n) is 8.60. The van der Waals surface area contributed by atoms with Crippen molar-refractivity contribution in [2.75, 3.05) is 0 Å². The van der Waals surface area contributed by atoms with Crippen LogP contribution in [0.4, 0.5) is 0 Å². The fourth-order valence-electron chi connectivity index (χ4n) is 2.35. The van der Waals surface area contributed by atoms with Gasteiger partial charge >= 0.3 is 0 Å². The van der Waals surface area contributed by atoms with Gasteiger partial charge in [-0.2, -0.15) is 0 Å². The first kappa shape index (κ1) is 10.0. The minimum absolute atomic E-state index is 0.194. The van der Waals surface area contributed by atoms with Crippen LogP contribution in [0.25, 0.3) is 0 Å². The molecule has 1 fully saturated rings. The van der Waals surface area contributed by atoms with Crippen LogP contribution < -0.4 is 5.73 Å². The molecule has 0 aromatic heterocycles. The maximum Gasteiger partial charge on any atom is 0.0154 e. The Bertz CT molecular complexity index is 133.